The molecule has 0 bridgehead atoms. The summed E-state index contributed by atoms with van der Waals surface area (Å²) in [5, 5.41) is 6.25. The van der Waals surface area contributed by atoms with Gasteiger partial charge in [0, 0.05) is 41.8 Å². The predicted molar refractivity (Wildman–Crippen MR) is 89.0 cm³/mol. The van der Waals surface area contributed by atoms with Gasteiger partial charge in [-0.2, -0.15) is 0 Å². The Bertz CT molecular complexity index is 648. The van der Waals surface area contributed by atoms with E-state index in [1.807, 2.05) is 6.20 Å². The molecule has 1 saturated carbocycles. The number of nitrogens with one attached hydrogen (secondary N) is 1. The lowest BCUT2D eigenvalue weighted by atomic mass is 9.99. The lowest BCUT2D eigenvalue weighted by Crippen LogP contribution is -2.34. The van der Waals surface area contributed by atoms with Crippen LogP contribution in [0.5, 0.6) is 0 Å². The van der Waals surface area contributed by atoms with Crippen LogP contribution in [0.15, 0.2) is 30.5 Å². The third-order valence-electron chi connectivity index (χ3n) is 4.68. The maximum absolute atomic E-state index is 4.70. The number of pyridine rings is 1. The van der Waals surface area contributed by atoms with Crippen molar-refractivity contribution in [3.63, 3.8) is 0 Å². The van der Waals surface area contributed by atoms with E-state index in [9.17, 15) is 0 Å². The highest BCUT2D eigenvalue weighted by molar-refractivity contribution is 6.00. The van der Waals surface area contributed by atoms with Crippen molar-refractivity contribution >= 4 is 22.3 Å². The van der Waals surface area contributed by atoms with Gasteiger partial charge in [0.05, 0.1) is 0 Å². The zero-order valence-corrected chi connectivity index (χ0v) is 12.7. The van der Waals surface area contributed by atoms with E-state index in [0.29, 0.717) is 6.04 Å². The molecule has 3 heteroatoms. The number of hydrogen-bond acceptors (Lipinski definition) is 3. The Morgan fingerprint density at radius 2 is 2.05 bits per heavy atom. The second-order valence-electron chi connectivity index (χ2n) is 6.65. The molecular weight excluding hydrogens is 258 g/mol. The van der Waals surface area contributed by atoms with Crippen molar-refractivity contribution < 1.29 is 0 Å². The Labute approximate surface area is 126 Å². The average molecular weight is 281 g/mol. The number of fused-ring (bicyclic) bond motifs is 1. The summed E-state index contributed by atoms with van der Waals surface area (Å²) in [4.78, 5) is 7.17. The first-order chi connectivity index (χ1) is 10.3. The minimum absolute atomic E-state index is 0.683. The largest absolute Gasteiger partial charge is 0.382 e. The molecule has 110 valence electrons. The zero-order valence-electron chi connectivity index (χ0n) is 12.7. The van der Waals surface area contributed by atoms with Gasteiger partial charge in [0.2, 0.25) is 0 Å². The van der Waals surface area contributed by atoms with Crippen molar-refractivity contribution in [1.82, 2.24) is 4.98 Å². The summed E-state index contributed by atoms with van der Waals surface area (Å²) in [7, 11) is 0. The van der Waals surface area contributed by atoms with Crippen molar-refractivity contribution in [1.29, 1.82) is 0 Å². The van der Waals surface area contributed by atoms with Crippen LogP contribution < -0.4 is 10.2 Å². The molecule has 2 aromatic rings. The van der Waals surface area contributed by atoms with Gasteiger partial charge in [-0.05, 0) is 43.7 Å². The van der Waals surface area contributed by atoms with Gasteiger partial charge < -0.3 is 10.2 Å². The summed E-state index contributed by atoms with van der Waals surface area (Å²) in [5.41, 5.74) is 1.27. The van der Waals surface area contributed by atoms with Crippen molar-refractivity contribution in [3.8, 4) is 0 Å². The molecule has 0 amide bonds. The smallest absolute Gasteiger partial charge is 0.136 e. The second kappa shape index (κ2) is 5.21. The van der Waals surface area contributed by atoms with Gasteiger partial charge in [-0.1, -0.05) is 19.1 Å². The lowest BCUT2D eigenvalue weighted by molar-refractivity contribution is 0.445. The second-order valence-corrected chi connectivity index (χ2v) is 6.65. The molecule has 1 aliphatic heterocycles. The molecule has 3 nitrogen and oxygen atoms in total. The topological polar surface area (TPSA) is 28.2 Å². The van der Waals surface area contributed by atoms with E-state index in [1.165, 1.54) is 48.0 Å². The molecular formula is C18H23N3. The molecule has 1 aliphatic carbocycles. The summed E-state index contributed by atoms with van der Waals surface area (Å²) in [6, 6.07) is 9.41. The molecule has 21 heavy (non-hydrogen) atoms. The zero-order chi connectivity index (χ0) is 14.2. The summed E-state index contributed by atoms with van der Waals surface area (Å²) in [6.07, 6.45) is 7.19. The first kappa shape index (κ1) is 12.9. The maximum atomic E-state index is 4.70. The molecule has 0 radical (unpaired) electrons. The van der Waals surface area contributed by atoms with E-state index in [-0.39, 0.29) is 0 Å². The number of nitrogens with zero attached hydrogens (tertiary/aromatic N) is 2. The van der Waals surface area contributed by atoms with Crippen LogP contribution in [0, 0.1) is 5.92 Å². The van der Waals surface area contributed by atoms with Gasteiger partial charge in [-0.3, -0.25) is 0 Å². The third-order valence-corrected chi connectivity index (χ3v) is 4.68. The first-order valence-electron chi connectivity index (χ1n) is 8.20. The number of benzene rings is 1. The van der Waals surface area contributed by atoms with Crippen LogP contribution >= 0.6 is 0 Å². The Morgan fingerprint density at radius 3 is 2.86 bits per heavy atom. The molecule has 4 rings (SSSR count). The number of piperidine rings is 1. The highest BCUT2D eigenvalue weighted by Crippen LogP contribution is 2.34. The molecule has 2 aliphatic rings. The van der Waals surface area contributed by atoms with Crippen LogP contribution in [0.25, 0.3) is 10.8 Å². The van der Waals surface area contributed by atoms with Crippen LogP contribution in [0.1, 0.15) is 32.6 Å². The van der Waals surface area contributed by atoms with Gasteiger partial charge in [0.15, 0.2) is 0 Å². The quantitative estimate of drug-likeness (QED) is 0.920. The van der Waals surface area contributed by atoms with Gasteiger partial charge in [0.25, 0.3) is 0 Å². The molecule has 0 spiro atoms. The number of aromatic nitrogens is 1. The Balaban J connectivity index is 1.74. The highest BCUT2D eigenvalue weighted by Gasteiger charge is 2.23. The fourth-order valence-electron chi connectivity index (χ4n) is 3.40. The van der Waals surface area contributed by atoms with E-state index < -0.39 is 0 Å². The number of hydrogen-bond donors (Lipinski definition) is 1. The highest BCUT2D eigenvalue weighted by atomic mass is 15.2. The molecule has 2 heterocycles. The van der Waals surface area contributed by atoms with E-state index in [2.05, 4.69) is 41.4 Å². The predicted octanol–water partition coefficient (Wildman–Crippen LogP) is 4.05. The molecule has 2 fully saturated rings. The number of anilines is 2. The van der Waals surface area contributed by atoms with Crippen molar-refractivity contribution in [2.75, 3.05) is 23.3 Å². The summed E-state index contributed by atoms with van der Waals surface area (Å²) in [5.74, 6) is 1.93. The third kappa shape index (κ3) is 2.57. The summed E-state index contributed by atoms with van der Waals surface area (Å²) >= 11 is 0. The Hall–Kier alpha value is -1.77. The summed E-state index contributed by atoms with van der Waals surface area (Å²) in [6.45, 7) is 4.61. The fraction of sp³-hybridized carbons (Fsp3) is 0.500. The van der Waals surface area contributed by atoms with E-state index in [0.717, 1.165) is 19.0 Å². The van der Waals surface area contributed by atoms with Crippen LogP contribution in [-0.2, 0) is 0 Å². The van der Waals surface area contributed by atoms with Crippen LogP contribution in [0.2, 0.25) is 0 Å². The van der Waals surface area contributed by atoms with Crippen LogP contribution in [0.4, 0.5) is 11.5 Å². The van der Waals surface area contributed by atoms with Crippen molar-refractivity contribution in [3.05, 3.63) is 30.5 Å². The summed E-state index contributed by atoms with van der Waals surface area (Å²) < 4.78 is 0. The molecule has 1 atom stereocenters. The van der Waals surface area contributed by atoms with Crippen molar-refractivity contribution in [2.45, 2.75) is 38.6 Å². The first-order valence-corrected chi connectivity index (χ1v) is 8.20. The van der Waals surface area contributed by atoms with Crippen molar-refractivity contribution in [2.24, 2.45) is 5.92 Å². The van der Waals surface area contributed by atoms with Crippen LogP contribution in [0.3, 0.4) is 0 Å². The Morgan fingerprint density at radius 1 is 1.14 bits per heavy atom. The minimum atomic E-state index is 0.683. The van der Waals surface area contributed by atoms with Gasteiger partial charge >= 0.3 is 0 Å². The van der Waals surface area contributed by atoms with E-state index in [4.69, 9.17) is 4.98 Å². The molecule has 1 aromatic heterocycles. The SMILES string of the molecule is CC1CCCN(c2nccc3c(NC4CC4)cccc23)C1. The molecule has 1 saturated heterocycles. The monoisotopic (exact) mass is 281 g/mol. The lowest BCUT2D eigenvalue weighted by Gasteiger charge is -2.32. The standard InChI is InChI=1S/C18H23N3/c1-13-4-3-11-21(12-13)18-16-5-2-6-17(20-14-7-8-14)15(16)9-10-19-18/h2,5-6,9-10,13-14,20H,3-4,7-8,11-12H2,1H3. The molecule has 1 N–H and O–H groups in total. The average Bonchev–Trinajstić information content (AvgIpc) is 3.31. The van der Waals surface area contributed by atoms with E-state index >= 15 is 0 Å². The fourth-order valence-corrected chi connectivity index (χ4v) is 3.40. The normalized spacial score (nSPS) is 22.5. The molecule has 1 aromatic carbocycles. The van der Waals surface area contributed by atoms with Gasteiger partial charge in [-0.15, -0.1) is 0 Å². The van der Waals surface area contributed by atoms with Gasteiger partial charge in [-0.25, -0.2) is 4.98 Å². The molecule has 1 unspecified atom stereocenters. The van der Waals surface area contributed by atoms with E-state index in [1.54, 1.807) is 0 Å². The Kier molecular flexibility index (Phi) is 3.21. The van der Waals surface area contributed by atoms with Gasteiger partial charge in [0.1, 0.15) is 5.82 Å². The number of rotatable bonds is 3. The van der Waals surface area contributed by atoms with Crippen LogP contribution in [-0.4, -0.2) is 24.1 Å². The maximum Gasteiger partial charge on any atom is 0.136 e. The minimum Gasteiger partial charge on any atom is -0.382 e.